The molecule has 1 aliphatic heterocycles. The predicted octanol–water partition coefficient (Wildman–Crippen LogP) is 2.58. The van der Waals surface area contributed by atoms with Gasteiger partial charge in [-0.1, -0.05) is 32.9 Å². The van der Waals surface area contributed by atoms with Crippen LogP contribution in [0.3, 0.4) is 0 Å². The molecule has 1 fully saturated rings. The second kappa shape index (κ2) is 9.85. The zero-order chi connectivity index (χ0) is 21.6. The smallest absolute Gasteiger partial charge is 0.239 e. The highest BCUT2D eigenvalue weighted by Gasteiger charge is 2.33. The van der Waals surface area contributed by atoms with E-state index < -0.39 is 5.41 Å². The summed E-state index contributed by atoms with van der Waals surface area (Å²) in [5.74, 6) is -0.657. The summed E-state index contributed by atoms with van der Waals surface area (Å²) in [5.41, 5.74) is 0.375. The average Bonchev–Trinajstić information content (AvgIpc) is 2.70. The van der Waals surface area contributed by atoms with Crippen molar-refractivity contribution >= 4 is 17.7 Å². The van der Waals surface area contributed by atoms with E-state index >= 15 is 0 Å². The molecule has 1 aromatic rings. The number of likely N-dealkylation sites (tertiary alicyclic amines) is 1. The molecule has 0 aliphatic carbocycles. The zero-order valence-electron chi connectivity index (χ0n) is 17.8. The summed E-state index contributed by atoms with van der Waals surface area (Å²) in [5, 5.41) is 2.77. The van der Waals surface area contributed by atoms with Gasteiger partial charge in [-0.15, -0.1) is 0 Å². The fourth-order valence-corrected chi connectivity index (χ4v) is 3.44. The minimum absolute atomic E-state index is 0.00232. The molecule has 7 heteroatoms. The van der Waals surface area contributed by atoms with Gasteiger partial charge in [0.25, 0.3) is 0 Å². The van der Waals surface area contributed by atoms with Crippen molar-refractivity contribution in [3.05, 3.63) is 35.6 Å². The lowest BCUT2D eigenvalue weighted by Gasteiger charge is -2.36. The lowest BCUT2D eigenvalue weighted by atomic mass is 9.90. The first kappa shape index (κ1) is 22.8. The molecule has 29 heavy (non-hydrogen) atoms. The van der Waals surface area contributed by atoms with Crippen molar-refractivity contribution in [2.45, 2.75) is 47.1 Å². The van der Waals surface area contributed by atoms with Crippen molar-refractivity contribution in [2.75, 3.05) is 26.2 Å². The Balaban J connectivity index is 1.83. The van der Waals surface area contributed by atoms with Gasteiger partial charge in [-0.3, -0.25) is 14.4 Å². The molecular formula is C22H32FN3O3. The Morgan fingerprint density at radius 3 is 2.24 bits per heavy atom. The van der Waals surface area contributed by atoms with Crippen LogP contribution in [0, 0.1) is 17.2 Å². The van der Waals surface area contributed by atoms with Gasteiger partial charge in [0.2, 0.25) is 17.7 Å². The number of piperidine rings is 1. The number of nitrogens with zero attached hydrogens (tertiary/aromatic N) is 2. The molecule has 0 unspecified atom stereocenters. The molecule has 0 spiro atoms. The van der Waals surface area contributed by atoms with Gasteiger partial charge < -0.3 is 15.1 Å². The summed E-state index contributed by atoms with van der Waals surface area (Å²) in [6.07, 6.45) is 1.24. The van der Waals surface area contributed by atoms with E-state index in [0.29, 0.717) is 32.5 Å². The predicted molar refractivity (Wildman–Crippen MR) is 109 cm³/mol. The van der Waals surface area contributed by atoms with Crippen LogP contribution in [0.2, 0.25) is 0 Å². The number of benzene rings is 1. The third kappa shape index (κ3) is 6.54. The lowest BCUT2D eigenvalue weighted by molar-refractivity contribution is -0.145. The van der Waals surface area contributed by atoms with Crippen LogP contribution < -0.4 is 5.32 Å². The van der Waals surface area contributed by atoms with Crippen LogP contribution in [0.5, 0.6) is 0 Å². The highest BCUT2D eigenvalue weighted by atomic mass is 19.1. The van der Waals surface area contributed by atoms with Crippen molar-refractivity contribution in [1.82, 2.24) is 15.1 Å². The summed E-state index contributed by atoms with van der Waals surface area (Å²) in [6, 6.07) is 5.93. The molecule has 1 saturated heterocycles. The zero-order valence-corrected chi connectivity index (χ0v) is 17.8. The molecule has 0 atom stereocenters. The Morgan fingerprint density at radius 1 is 1.14 bits per heavy atom. The maximum Gasteiger partial charge on any atom is 0.239 e. The molecule has 6 nitrogen and oxygen atoms in total. The lowest BCUT2D eigenvalue weighted by Crippen LogP contribution is -2.48. The van der Waals surface area contributed by atoms with Crippen molar-refractivity contribution < 1.29 is 18.8 Å². The van der Waals surface area contributed by atoms with Gasteiger partial charge in [0.15, 0.2) is 0 Å². The van der Waals surface area contributed by atoms with E-state index in [2.05, 4.69) is 5.32 Å². The maximum atomic E-state index is 12.9. The van der Waals surface area contributed by atoms with E-state index in [1.54, 1.807) is 17.0 Å². The van der Waals surface area contributed by atoms with Gasteiger partial charge in [-0.25, -0.2) is 4.39 Å². The number of likely N-dealkylation sites (N-methyl/N-ethyl adjacent to an activating group) is 1. The Hall–Kier alpha value is -2.44. The van der Waals surface area contributed by atoms with Crippen molar-refractivity contribution in [3.63, 3.8) is 0 Å². The quantitative estimate of drug-likeness (QED) is 0.791. The third-order valence-electron chi connectivity index (χ3n) is 5.20. The third-order valence-corrected chi connectivity index (χ3v) is 5.20. The van der Waals surface area contributed by atoms with Gasteiger partial charge >= 0.3 is 0 Å². The Morgan fingerprint density at radius 2 is 1.72 bits per heavy atom. The number of amides is 3. The van der Waals surface area contributed by atoms with Gasteiger partial charge in [0.05, 0.1) is 6.54 Å². The van der Waals surface area contributed by atoms with Crippen molar-refractivity contribution in [1.29, 1.82) is 0 Å². The molecular weight excluding hydrogens is 373 g/mol. The van der Waals surface area contributed by atoms with E-state index in [-0.39, 0.29) is 42.5 Å². The molecule has 0 bridgehead atoms. The normalized spacial score (nSPS) is 15.1. The largest absolute Gasteiger partial charge is 0.350 e. The molecule has 1 aromatic carbocycles. The SMILES string of the molecule is CCN(CC(=O)NCc1ccc(F)cc1)C(=O)C1CCN(C(=O)C(C)(C)C)CC1. The van der Waals surface area contributed by atoms with E-state index in [9.17, 15) is 18.8 Å². The molecule has 3 amide bonds. The molecule has 0 saturated carbocycles. The van der Waals surface area contributed by atoms with Crippen LogP contribution in [0.1, 0.15) is 46.1 Å². The first-order valence-corrected chi connectivity index (χ1v) is 10.2. The standard InChI is InChI=1S/C22H32FN3O3/c1-5-25(15-19(27)24-14-16-6-8-18(23)9-7-16)20(28)17-10-12-26(13-11-17)21(29)22(2,3)4/h6-9,17H,5,10-15H2,1-4H3,(H,24,27). The number of nitrogens with one attached hydrogen (secondary N) is 1. The summed E-state index contributed by atoms with van der Waals surface area (Å²) < 4.78 is 12.9. The maximum absolute atomic E-state index is 12.9. The van der Waals surface area contributed by atoms with Crippen LogP contribution in [-0.2, 0) is 20.9 Å². The number of carbonyl (C=O) groups excluding carboxylic acids is 3. The van der Waals surface area contributed by atoms with Crippen molar-refractivity contribution in [3.8, 4) is 0 Å². The second-order valence-electron chi connectivity index (χ2n) is 8.57. The van der Waals surface area contributed by atoms with Crippen molar-refractivity contribution in [2.24, 2.45) is 11.3 Å². The van der Waals surface area contributed by atoms with E-state index in [1.807, 2.05) is 32.6 Å². The summed E-state index contributed by atoms with van der Waals surface area (Å²) in [4.78, 5) is 40.9. The molecule has 160 valence electrons. The first-order valence-electron chi connectivity index (χ1n) is 10.2. The Kier molecular flexibility index (Phi) is 7.76. The van der Waals surface area contributed by atoms with Crippen LogP contribution in [0.15, 0.2) is 24.3 Å². The Bertz CT molecular complexity index is 720. The monoisotopic (exact) mass is 405 g/mol. The van der Waals surface area contributed by atoms with E-state index in [0.717, 1.165) is 5.56 Å². The van der Waals surface area contributed by atoms with E-state index in [4.69, 9.17) is 0 Å². The minimum atomic E-state index is -0.422. The van der Waals surface area contributed by atoms with Crippen LogP contribution in [-0.4, -0.2) is 53.7 Å². The summed E-state index contributed by atoms with van der Waals surface area (Å²) >= 11 is 0. The molecule has 1 N–H and O–H groups in total. The number of halogens is 1. The number of carbonyl (C=O) groups is 3. The minimum Gasteiger partial charge on any atom is -0.350 e. The second-order valence-corrected chi connectivity index (χ2v) is 8.57. The molecule has 1 aliphatic rings. The number of hydrogen-bond acceptors (Lipinski definition) is 3. The van der Waals surface area contributed by atoms with Crippen LogP contribution >= 0.6 is 0 Å². The van der Waals surface area contributed by atoms with Gasteiger partial charge in [-0.05, 0) is 37.5 Å². The summed E-state index contributed by atoms with van der Waals surface area (Å²) in [6.45, 7) is 9.42. The highest BCUT2D eigenvalue weighted by molar-refractivity contribution is 5.86. The number of hydrogen-bond donors (Lipinski definition) is 1. The molecule has 2 rings (SSSR count). The molecule has 0 aromatic heterocycles. The van der Waals surface area contributed by atoms with E-state index in [1.165, 1.54) is 12.1 Å². The van der Waals surface area contributed by atoms with Gasteiger partial charge in [0, 0.05) is 37.5 Å². The first-order chi connectivity index (χ1) is 13.6. The molecule has 0 radical (unpaired) electrons. The fourth-order valence-electron chi connectivity index (χ4n) is 3.44. The van der Waals surface area contributed by atoms with Gasteiger partial charge in [-0.2, -0.15) is 0 Å². The summed E-state index contributed by atoms with van der Waals surface area (Å²) in [7, 11) is 0. The average molecular weight is 406 g/mol. The topological polar surface area (TPSA) is 69.7 Å². The fraction of sp³-hybridized carbons (Fsp3) is 0.591. The van der Waals surface area contributed by atoms with Gasteiger partial charge in [0.1, 0.15) is 5.82 Å². The molecule has 1 heterocycles. The highest BCUT2D eigenvalue weighted by Crippen LogP contribution is 2.24. The Labute approximate surface area is 172 Å². The number of rotatable bonds is 6. The van der Waals surface area contributed by atoms with Crippen LogP contribution in [0.25, 0.3) is 0 Å². The van der Waals surface area contributed by atoms with Crippen LogP contribution in [0.4, 0.5) is 4.39 Å².